The van der Waals surface area contributed by atoms with E-state index >= 15 is 0 Å². The average Bonchev–Trinajstić information content (AvgIpc) is 2.00. The lowest BCUT2D eigenvalue weighted by molar-refractivity contribution is -0.0357. The highest BCUT2D eigenvalue weighted by molar-refractivity contribution is 4.99. The molecule has 0 aliphatic rings. The van der Waals surface area contributed by atoms with Crippen LogP contribution in [0.25, 0.3) is 0 Å². The van der Waals surface area contributed by atoms with Crippen LogP contribution in [0.1, 0.15) is 33.1 Å². The zero-order chi connectivity index (χ0) is 8.91. The first kappa shape index (κ1) is 10.7. The lowest BCUT2D eigenvalue weighted by Crippen LogP contribution is -2.38. The van der Waals surface area contributed by atoms with E-state index in [0.717, 1.165) is 12.8 Å². The Morgan fingerprint density at radius 2 is 2.18 bits per heavy atom. The van der Waals surface area contributed by atoms with Gasteiger partial charge in [-0.1, -0.05) is 25.8 Å². The molecule has 0 aromatic heterocycles. The SMILES string of the molecule is C=CC(O)(CCCC)C(C)O. The predicted molar refractivity (Wildman–Crippen MR) is 46.4 cm³/mol. The minimum Gasteiger partial charge on any atom is -0.390 e. The summed E-state index contributed by atoms with van der Waals surface area (Å²) < 4.78 is 0. The van der Waals surface area contributed by atoms with E-state index in [1.165, 1.54) is 6.08 Å². The Balaban J connectivity index is 3.99. The van der Waals surface area contributed by atoms with Crippen molar-refractivity contribution in [2.45, 2.75) is 44.8 Å². The van der Waals surface area contributed by atoms with E-state index in [1.807, 2.05) is 6.92 Å². The molecular weight excluding hydrogens is 140 g/mol. The maximum absolute atomic E-state index is 9.66. The summed E-state index contributed by atoms with van der Waals surface area (Å²) in [6.45, 7) is 7.12. The first-order chi connectivity index (χ1) is 5.06. The number of hydrogen-bond donors (Lipinski definition) is 2. The molecular formula is C9H18O2. The van der Waals surface area contributed by atoms with Crippen molar-refractivity contribution in [3.05, 3.63) is 12.7 Å². The molecule has 0 aromatic carbocycles. The fraction of sp³-hybridized carbons (Fsp3) is 0.778. The monoisotopic (exact) mass is 158 g/mol. The topological polar surface area (TPSA) is 40.5 Å². The van der Waals surface area contributed by atoms with Gasteiger partial charge in [0, 0.05) is 0 Å². The number of rotatable bonds is 5. The van der Waals surface area contributed by atoms with Gasteiger partial charge in [-0.25, -0.2) is 0 Å². The third kappa shape index (κ3) is 3.04. The highest BCUT2D eigenvalue weighted by Gasteiger charge is 2.27. The normalized spacial score (nSPS) is 18.9. The highest BCUT2D eigenvalue weighted by Crippen LogP contribution is 2.19. The summed E-state index contributed by atoms with van der Waals surface area (Å²) >= 11 is 0. The smallest absolute Gasteiger partial charge is 0.108 e. The second kappa shape index (κ2) is 4.52. The van der Waals surface area contributed by atoms with E-state index in [4.69, 9.17) is 0 Å². The van der Waals surface area contributed by atoms with E-state index in [-0.39, 0.29) is 0 Å². The van der Waals surface area contributed by atoms with Gasteiger partial charge >= 0.3 is 0 Å². The molecule has 0 aliphatic heterocycles. The first-order valence-electron chi connectivity index (χ1n) is 4.11. The van der Waals surface area contributed by atoms with Crippen LogP contribution >= 0.6 is 0 Å². The largest absolute Gasteiger partial charge is 0.390 e. The quantitative estimate of drug-likeness (QED) is 0.595. The molecule has 2 unspecified atom stereocenters. The minimum atomic E-state index is -1.09. The molecule has 11 heavy (non-hydrogen) atoms. The van der Waals surface area contributed by atoms with Crippen molar-refractivity contribution >= 4 is 0 Å². The Labute approximate surface area is 68.6 Å². The number of unbranched alkanes of at least 4 members (excludes halogenated alkanes) is 1. The van der Waals surface area contributed by atoms with Crippen LogP contribution in [0.2, 0.25) is 0 Å². The molecule has 0 rings (SSSR count). The van der Waals surface area contributed by atoms with Gasteiger partial charge in [-0.05, 0) is 13.3 Å². The average molecular weight is 158 g/mol. The molecule has 0 saturated carbocycles. The van der Waals surface area contributed by atoms with Crippen molar-refractivity contribution in [1.29, 1.82) is 0 Å². The Bertz CT molecular complexity index is 121. The second-order valence-electron chi connectivity index (χ2n) is 2.97. The molecule has 0 radical (unpaired) electrons. The van der Waals surface area contributed by atoms with Gasteiger partial charge in [0.25, 0.3) is 0 Å². The standard InChI is InChI=1S/C9H18O2/c1-4-6-7-9(11,5-2)8(3)10/h5,8,10-11H,2,4,6-7H2,1,3H3. The van der Waals surface area contributed by atoms with E-state index in [0.29, 0.717) is 6.42 Å². The van der Waals surface area contributed by atoms with Gasteiger partial charge in [0.05, 0.1) is 6.10 Å². The molecule has 2 heteroatoms. The van der Waals surface area contributed by atoms with Gasteiger partial charge in [-0.15, -0.1) is 6.58 Å². The van der Waals surface area contributed by atoms with Gasteiger partial charge in [0.2, 0.25) is 0 Å². The summed E-state index contributed by atoms with van der Waals surface area (Å²) in [4.78, 5) is 0. The molecule has 66 valence electrons. The molecule has 0 heterocycles. The van der Waals surface area contributed by atoms with Crippen LogP contribution in [0.4, 0.5) is 0 Å². The maximum Gasteiger partial charge on any atom is 0.108 e. The lowest BCUT2D eigenvalue weighted by atomic mass is 9.92. The van der Waals surface area contributed by atoms with Crippen molar-refractivity contribution in [3.63, 3.8) is 0 Å². The van der Waals surface area contributed by atoms with Gasteiger partial charge in [0.1, 0.15) is 5.60 Å². The van der Waals surface area contributed by atoms with Crippen molar-refractivity contribution < 1.29 is 10.2 Å². The summed E-state index contributed by atoms with van der Waals surface area (Å²) in [6, 6.07) is 0. The fourth-order valence-electron chi connectivity index (χ4n) is 0.941. The van der Waals surface area contributed by atoms with Crippen LogP contribution in [0.5, 0.6) is 0 Å². The Morgan fingerprint density at radius 3 is 2.45 bits per heavy atom. The Morgan fingerprint density at radius 1 is 1.64 bits per heavy atom. The van der Waals surface area contributed by atoms with Crippen LogP contribution in [0.3, 0.4) is 0 Å². The molecule has 0 bridgehead atoms. The molecule has 0 aromatic rings. The Hall–Kier alpha value is -0.340. The molecule has 0 fully saturated rings. The summed E-state index contributed by atoms with van der Waals surface area (Å²) in [6.07, 6.45) is 3.21. The minimum absolute atomic E-state index is 0.588. The maximum atomic E-state index is 9.66. The highest BCUT2D eigenvalue weighted by atomic mass is 16.3. The zero-order valence-electron chi connectivity index (χ0n) is 7.38. The predicted octanol–water partition coefficient (Wildman–Crippen LogP) is 1.47. The molecule has 2 nitrogen and oxygen atoms in total. The molecule has 2 atom stereocenters. The number of aliphatic hydroxyl groups excluding tert-OH is 1. The van der Waals surface area contributed by atoms with Crippen molar-refractivity contribution in [1.82, 2.24) is 0 Å². The van der Waals surface area contributed by atoms with E-state index in [9.17, 15) is 10.2 Å². The van der Waals surface area contributed by atoms with Gasteiger partial charge in [0.15, 0.2) is 0 Å². The molecule has 0 spiro atoms. The van der Waals surface area contributed by atoms with Crippen molar-refractivity contribution in [3.8, 4) is 0 Å². The van der Waals surface area contributed by atoms with Gasteiger partial charge in [-0.2, -0.15) is 0 Å². The van der Waals surface area contributed by atoms with E-state index in [2.05, 4.69) is 6.58 Å². The van der Waals surface area contributed by atoms with E-state index in [1.54, 1.807) is 6.92 Å². The molecule has 2 N–H and O–H groups in total. The number of hydrogen-bond acceptors (Lipinski definition) is 2. The third-order valence-corrected chi connectivity index (χ3v) is 2.01. The van der Waals surface area contributed by atoms with Crippen LogP contribution in [0.15, 0.2) is 12.7 Å². The fourth-order valence-corrected chi connectivity index (χ4v) is 0.941. The van der Waals surface area contributed by atoms with Crippen LogP contribution < -0.4 is 0 Å². The lowest BCUT2D eigenvalue weighted by Gasteiger charge is -2.27. The summed E-state index contributed by atoms with van der Waals surface area (Å²) in [5.41, 5.74) is -1.09. The van der Waals surface area contributed by atoms with Crippen LogP contribution in [-0.2, 0) is 0 Å². The van der Waals surface area contributed by atoms with Crippen molar-refractivity contribution in [2.75, 3.05) is 0 Å². The summed E-state index contributed by atoms with van der Waals surface area (Å²) in [7, 11) is 0. The molecule has 0 saturated heterocycles. The van der Waals surface area contributed by atoms with Crippen LogP contribution in [0, 0.1) is 0 Å². The number of aliphatic hydroxyl groups is 2. The van der Waals surface area contributed by atoms with Crippen LogP contribution in [-0.4, -0.2) is 21.9 Å². The molecule has 0 aliphatic carbocycles. The molecule has 0 amide bonds. The van der Waals surface area contributed by atoms with Gasteiger partial charge < -0.3 is 10.2 Å². The van der Waals surface area contributed by atoms with E-state index < -0.39 is 11.7 Å². The van der Waals surface area contributed by atoms with Gasteiger partial charge in [-0.3, -0.25) is 0 Å². The Kier molecular flexibility index (Phi) is 4.38. The zero-order valence-corrected chi connectivity index (χ0v) is 7.38. The second-order valence-corrected chi connectivity index (χ2v) is 2.97. The first-order valence-corrected chi connectivity index (χ1v) is 4.11. The van der Waals surface area contributed by atoms with Crippen molar-refractivity contribution in [2.24, 2.45) is 0 Å². The summed E-state index contributed by atoms with van der Waals surface area (Å²) in [5.74, 6) is 0. The summed E-state index contributed by atoms with van der Waals surface area (Å²) in [5, 5.41) is 18.8. The third-order valence-electron chi connectivity index (χ3n) is 2.01.